The summed E-state index contributed by atoms with van der Waals surface area (Å²) in [5, 5.41) is 15.4. The van der Waals surface area contributed by atoms with Crippen LogP contribution in [0.15, 0.2) is 183 Å². The molecule has 2 N–H and O–H groups in total. The molecule has 4 aromatic carbocycles. The third kappa shape index (κ3) is 63.0. The molecule has 0 fully saturated rings. The maximum absolute atomic E-state index is 10.8. The second-order valence-electron chi connectivity index (χ2n) is 14.6. The van der Waals surface area contributed by atoms with Gasteiger partial charge in [-0.15, -0.1) is 6.58 Å². The van der Waals surface area contributed by atoms with Gasteiger partial charge in [-0.1, -0.05) is 147 Å². The lowest BCUT2D eigenvalue weighted by Crippen LogP contribution is -2.10. The molecule has 0 saturated carbocycles. The average Bonchev–Trinajstić information content (AvgIpc) is 3.39. The van der Waals surface area contributed by atoms with Gasteiger partial charge in [-0.25, -0.2) is 9.59 Å². The van der Waals surface area contributed by atoms with Gasteiger partial charge in [-0.05, 0) is 63.5 Å². The van der Waals surface area contributed by atoms with Gasteiger partial charge in [-0.2, -0.15) is 4.89 Å². The molecule has 0 aliphatic carbocycles. The van der Waals surface area contributed by atoms with Crippen LogP contribution in [0.5, 0.6) is 0 Å². The molecule has 0 bridgehead atoms. The van der Waals surface area contributed by atoms with E-state index in [9.17, 15) is 28.8 Å². The Morgan fingerprint density at radius 3 is 0.987 bits per heavy atom. The summed E-state index contributed by atoms with van der Waals surface area (Å²) < 4.78 is 34.9. The molecule has 78 heavy (non-hydrogen) atoms. The van der Waals surface area contributed by atoms with Crippen molar-refractivity contribution in [3.05, 3.63) is 183 Å². The zero-order valence-electron chi connectivity index (χ0n) is 46.4. The number of carbonyl (C=O) groups is 8. The molecule has 0 atom stereocenters. The van der Waals surface area contributed by atoms with Crippen LogP contribution in [-0.4, -0.2) is 99.7 Å². The summed E-state index contributed by atoms with van der Waals surface area (Å²) in [7, 11) is 2.69. The van der Waals surface area contributed by atoms with E-state index in [1.165, 1.54) is 76.7 Å². The van der Waals surface area contributed by atoms with Gasteiger partial charge in [0.1, 0.15) is 6.61 Å². The third-order valence-electron chi connectivity index (χ3n) is 6.79. The summed E-state index contributed by atoms with van der Waals surface area (Å²) >= 11 is 0. The maximum Gasteiger partial charge on any atom is 0.335 e. The lowest BCUT2D eigenvalue weighted by molar-refractivity contribution is -0.322. The summed E-state index contributed by atoms with van der Waals surface area (Å²) in [6.45, 7) is 29.4. The Hall–Kier alpha value is -9.14. The summed E-state index contributed by atoms with van der Waals surface area (Å²) in [5.74, 6) is -3.43. The van der Waals surface area contributed by atoms with Gasteiger partial charge in [0.2, 0.25) is 13.6 Å². The quantitative estimate of drug-likeness (QED) is 0.0114. The number of aliphatic carboxylic acids is 1. The Morgan fingerprint density at radius 1 is 0.500 bits per heavy atom. The van der Waals surface area contributed by atoms with Crippen molar-refractivity contribution < 1.29 is 96.2 Å². The highest BCUT2D eigenvalue weighted by atomic mass is 17.2. The second kappa shape index (κ2) is 54.1. The van der Waals surface area contributed by atoms with Gasteiger partial charge in [0.25, 0.3) is 12.4 Å². The number of ether oxygens (including phenoxy) is 8. The smallest absolute Gasteiger partial charge is 0.335 e. The van der Waals surface area contributed by atoms with E-state index < -0.39 is 48.6 Å². The van der Waals surface area contributed by atoms with Crippen molar-refractivity contribution in [1.82, 2.24) is 0 Å². The molecule has 0 heterocycles. The summed E-state index contributed by atoms with van der Waals surface area (Å²) in [6, 6.07) is 41.6. The SMILES string of the molecule is C=C(C)C.C=C(C)C(=O)OCOC(C)=O.C=C(C)C(=O)OCOC(C)=O.C=C(C)OC(=O)CCOC(C)=O.C=C(OC)OOCO.CC(=O)O.COC=O.c1ccc(-c2ccccc2)cc1.c1ccc(-c2ccccc2)cc1. The number of allylic oxidation sites excluding steroid dienone is 2. The lowest BCUT2D eigenvalue weighted by atomic mass is 10.1. The van der Waals surface area contributed by atoms with Crippen LogP contribution < -0.4 is 0 Å². The van der Waals surface area contributed by atoms with Gasteiger partial charge in [0.05, 0.1) is 26.4 Å². The molecule has 4 rings (SSSR count). The maximum atomic E-state index is 10.8. The fourth-order valence-electron chi connectivity index (χ4n) is 3.75. The number of aliphatic hydroxyl groups is 1. The van der Waals surface area contributed by atoms with Gasteiger partial charge in [0, 0.05) is 38.8 Å². The van der Waals surface area contributed by atoms with Crippen LogP contribution in [0.1, 0.15) is 68.7 Å². The van der Waals surface area contributed by atoms with Crippen LogP contribution >= 0.6 is 0 Å². The summed E-state index contributed by atoms with van der Waals surface area (Å²) in [6.07, 6.45) is 0.0619. The predicted octanol–water partition coefficient (Wildman–Crippen LogP) is 10.4. The molecule has 0 radical (unpaired) electrons. The van der Waals surface area contributed by atoms with Crippen LogP contribution in [0, 0.1) is 0 Å². The zero-order chi connectivity index (χ0) is 60.7. The molecule has 0 aliphatic heterocycles. The molecule has 0 spiro atoms. The van der Waals surface area contributed by atoms with Crippen molar-refractivity contribution in [2.75, 3.05) is 41.2 Å². The first-order chi connectivity index (χ1) is 36.7. The standard InChI is InChI=1S/2C12H10.C8H12O4.2C7H10O4.C4H8O4.C4H8.2C2H4O2/c2*1-3-7-11(8-4-1)12-9-5-2-6-10-12;1-6(2)12-8(10)4-5-11-7(3)9;2*1-5(2)7(9)11-4-10-6(3)8;1-4(6-2)8-7-3-5;1-4(2)3;1-4-2-3;1-2(3)4/h2*1-10H;1,4-5H2,2-3H3;2*1,4H2,2-3H3;5H,1,3H2,2H3;1H2,2-3H3;2H,1H3;1H3,(H,3,4). The molecular weight excluding hydrogens is 1020 g/mol. The van der Waals surface area contributed by atoms with E-state index in [0.717, 1.165) is 6.92 Å². The number of esters is 6. The van der Waals surface area contributed by atoms with Crippen LogP contribution in [0.4, 0.5) is 0 Å². The molecule has 0 amide bonds. The molecule has 0 unspecified atom stereocenters. The molecule has 0 aliphatic rings. The molecular formula is C58H76O20. The van der Waals surface area contributed by atoms with Crippen LogP contribution in [0.2, 0.25) is 0 Å². The fourth-order valence-corrected chi connectivity index (χ4v) is 3.75. The Morgan fingerprint density at radius 2 is 0.782 bits per heavy atom. The van der Waals surface area contributed by atoms with Crippen molar-refractivity contribution >= 4 is 48.3 Å². The molecule has 0 aromatic heterocycles. The van der Waals surface area contributed by atoms with Gasteiger partial charge >= 0.3 is 41.8 Å². The topological polar surface area (TPSA) is 269 Å². The van der Waals surface area contributed by atoms with E-state index >= 15 is 0 Å². The minimum absolute atomic E-state index is 0.0130. The van der Waals surface area contributed by atoms with E-state index in [0.29, 0.717) is 12.2 Å². The third-order valence-corrected chi connectivity index (χ3v) is 6.79. The monoisotopic (exact) mass is 1090 g/mol. The number of hydrogen-bond donors (Lipinski definition) is 2. The second-order valence-corrected chi connectivity index (χ2v) is 14.6. The Labute approximate surface area is 458 Å². The summed E-state index contributed by atoms with van der Waals surface area (Å²) in [4.78, 5) is 88.7. The molecule has 20 nitrogen and oxygen atoms in total. The van der Waals surface area contributed by atoms with Gasteiger partial charge in [0.15, 0.2) is 6.79 Å². The Balaban J connectivity index is -0.000000263. The van der Waals surface area contributed by atoms with E-state index in [4.69, 9.17) is 19.8 Å². The van der Waals surface area contributed by atoms with Crippen molar-refractivity contribution in [3.63, 3.8) is 0 Å². The number of carboxylic acid groups (broad SMARTS) is 1. The van der Waals surface area contributed by atoms with Gasteiger partial charge < -0.3 is 48.1 Å². The number of rotatable bonds is 17. The van der Waals surface area contributed by atoms with E-state index in [-0.39, 0.29) is 43.7 Å². The molecule has 4 aromatic rings. The highest BCUT2D eigenvalue weighted by Crippen LogP contribution is 2.18. The van der Waals surface area contributed by atoms with Crippen molar-refractivity contribution in [2.45, 2.75) is 68.7 Å². The zero-order valence-corrected chi connectivity index (χ0v) is 46.4. The lowest BCUT2D eigenvalue weighted by Gasteiger charge is -2.02. The predicted molar refractivity (Wildman–Crippen MR) is 293 cm³/mol. The number of carbonyl (C=O) groups excluding carboxylic acids is 7. The minimum Gasteiger partial charge on any atom is -0.481 e. The Kier molecular flexibility index (Phi) is 54.0. The van der Waals surface area contributed by atoms with E-state index in [1.54, 1.807) is 6.92 Å². The first-order valence-corrected chi connectivity index (χ1v) is 22.8. The molecule has 428 valence electrons. The molecule has 20 heteroatoms. The van der Waals surface area contributed by atoms with Crippen molar-refractivity contribution in [2.24, 2.45) is 0 Å². The first-order valence-electron chi connectivity index (χ1n) is 22.8. The number of benzene rings is 4. The number of hydrogen-bond acceptors (Lipinski definition) is 19. The largest absolute Gasteiger partial charge is 0.481 e. The van der Waals surface area contributed by atoms with Crippen molar-refractivity contribution in [1.29, 1.82) is 0 Å². The first kappa shape index (κ1) is 77.8. The summed E-state index contributed by atoms with van der Waals surface area (Å²) in [5.41, 5.74) is 6.82. The van der Waals surface area contributed by atoms with Crippen LogP contribution in [-0.2, 0) is 86.0 Å². The van der Waals surface area contributed by atoms with Gasteiger partial charge in [-0.3, -0.25) is 33.7 Å². The number of methoxy groups -OCH3 is 2. The molecule has 0 saturated heterocycles. The number of carboxylic acids is 1. The van der Waals surface area contributed by atoms with E-state index in [1.807, 2.05) is 38.1 Å². The van der Waals surface area contributed by atoms with E-state index in [2.05, 4.69) is 178 Å². The minimum atomic E-state index is -0.833. The average molecular weight is 1090 g/mol. The van der Waals surface area contributed by atoms with Crippen LogP contribution in [0.25, 0.3) is 22.3 Å². The number of aliphatic hydroxyl groups excluding tert-OH is 1. The van der Waals surface area contributed by atoms with Crippen LogP contribution in [0.3, 0.4) is 0 Å². The normalized spacial score (nSPS) is 8.51. The highest BCUT2D eigenvalue weighted by Gasteiger charge is 2.05. The Bertz CT molecular complexity index is 2120. The fraction of sp³-hybridized carbons (Fsp3) is 0.276. The highest BCUT2D eigenvalue weighted by molar-refractivity contribution is 5.87. The van der Waals surface area contributed by atoms with Crippen molar-refractivity contribution in [3.8, 4) is 22.3 Å².